The van der Waals surface area contributed by atoms with E-state index in [1.54, 1.807) is 0 Å². The molecule has 1 fully saturated rings. The van der Waals surface area contributed by atoms with Crippen LogP contribution in [0.5, 0.6) is 0 Å². The van der Waals surface area contributed by atoms with Crippen LogP contribution < -0.4 is 0 Å². The Labute approximate surface area is 131 Å². The number of amides is 1. The number of para-hydroxylation sites is 2. The lowest BCUT2D eigenvalue weighted by Gasteiger charge is -2.38. The number of fused-ring (bicyclic) bond motifs is 1. The number of likely N-dealkylation sites (N-methyl/N-ethyl adjacent to an activating group) is 1. The van der Waals surface area contributed by atoms with Crippen LogP contribution in [0.4, 0.5) is 0 Å². The molecule has 1 aliphatic rings. The molecule has 1 amide bonds. The second kappa shape index (κ2) is 6.08. The lowest BCUT2D eigenvalue weighted by Crippen LogP contribution is -2.53. The molecule has 1 unspecified atom stereocenters. The van der Waals surface area contributed by atoms with Crippen LogP contribution in [0.15, 0.2) is 24.3 Å². The number of rotatable bonds is 3. The summed E-state index contributed by atoms with van der Waals surface area (Å²) < 4.78 is 2.07. The number of carbonyl (C=O) groups excluding carboxylic acids is 1. The van der Waals surface area contributed by atoms with E-state index in [0.717, 1.165) is 42.9 Å². The van der Waals surface area contributed by atoms with Crippen LogP contribution >= 0.6 is 0 Å². The van der Waals surface area contributed by atoms with Crippen LogP contribution in [0.2, 0.25) is 0 Å². The number of aryl methyl sites for hydroxylation is 1. The summed E-state index contributed by atoms with van der Waals surface area (Å²) >= 11 is 0. The molecule has 1 aliphatic heterocycles. The summed E-state index contributed by atoms with van der Waals surface area (Å²) in [5.41, 5.74) is 2.02. The average Bonchev–Trinajstić information content (AvgIpc) is 2.85. The van der Waals surface area contributed by atoms with Gasteiger partial charge in [0.1, 0.15) is 12.4 Å². The van der Waals surface area contributed by atoms with Crippen molar-refractivity contribution in [2.45, 2.75) is 32.9 Å². The largest absolute Gasteiger partial charge is 0.336 e. The van der Waals surface area contributed by atoms with Gasteiger partial charge < -0.3 is 14.4 Å². The van der Waals surface area contributed by atoms with Gasteiger partial charge >= 0.3 is 0 Å². The highest BCUT2D eigenvalue weighted by Crippen LogP contribution is 2.18. The molecule has 0 N–H and O–H groups in total. The summed E-state index contributed by atoms with van der Waals surface area (Å²) in [6, 6.07) is 8.31. The second-order valence-corrected chi connectivity index (χ2v) is 6.15. The minimum Gasteiger partial charge on any atom is -0.336 e. The topological polar surface area (TPSA) is 41.4 Å². The van der Waals surface area contributed by atoms with E-state index < -0.39 is 0 Å². The van der Waals surface area contributed by atoms with Crippen molar-refractivity contribution in [3.8, 4) is 0 Å². The molecule has 0 aliphatic carbocycles. The first-order valence-corrected chi connectivity index (χ1v) is 8.02. The van der Waals surface area contributed by atoms with E-state index in [4.69, 9.17) is 0 Å². The summed E-state index contributed by atoms with van der Waals surface area (Å²) in [5, 5.41) is 0. The number of piperazine rings is 1. The molecule has 0 spiro atoms. The Hall–Kier alpha value is -1.88. The lowest BCUT2D eigenvalue weighted by atomic mass is 10.2. The van der Waals surface area contributed by atoms with Crippen molar-refractivity contribution < 1.29 is 4.79 Å². The Kier molecular flexibility index (Phi) is 4.16. The third kappa shape index (κ3) is 2.73. The summed E-state index contributed by atoms with van der Waals surface area (Å²) in [5.74, 6) is 1.18. The van der Waals surface area contributed by atoms with Crippen LogP contribution in [-0.4, -0.2) is 58.0 Å². The molecule has 5 heteroatoms. The number of imidazole rings is 1. The Bertz CT molecular complexity index is 678. The summed E-state index contributed by atoms with van der Waals surface area (Å²) in [4.78, 5) is 21.7. The van der Waals surface area contributed by atoms with Crippen molar-refractivity contribution in [3.05, 3.63) is 30.1 Å². The maximum Gasteiger partial charge on any atom is 0.242 e. The maximum absolute atomic E-state index is 12.8. The molecule has 1 aromatic heterocycles. The summed E-state index contributed by atoms with van der Waals surface area (Å²) in [7, 11) is 2.11. The summed E-state index contributed by atoms with van der Waals surface area (Å²) in [6.07, 6.45) is 0.834. The Morgan fingerprint density at radius 1 is 1.32 bits per heavy atom. The van der Waals surface area contributed by atoms with Gasteiger partial charge in [0.05, 0.1) is 11.0 Å². The summed E-state index contributed by atoms with van der Waals surface area (Å²) in [6.45, 7) is 7.29. The second-order valence-electron chi connectivity index (χ2n) is 6.15. The van der Waals surface area contributed by atoms with E-state index in [9.17, 15) is 4.79 Å². The Morgan fingerprint density at radius 3 is 2.82 bits per heavy atom. The highest BCUT2D eigenvalue weighted by molar-refractivity contribution is 5.81. The predicted molar refractivity (Wildman–Crippen MR) is 87.8 cm³/mol. The first-order chi connectivity index (χ1) is 10.6. The van der Waals surface area contributed by atoms with Gasteiger partial charge in [-0.1, -0.05) is 19.1 Å². The third-order valence-electron chi connectivity index (χ3n) is 4.49. The number of benzene rings is 1. The zero-order valence-electron chi connectivity index (χ0n) is 13.6. The average molecular weight is 300 g/mol. The van der Waals surface area contributed by atoms with Crippen molar-refractivity contribution in [3.63, 3.8) is 0 Å². The quantitative estimate of drug-likeness (QED) is 0.867. The van der Waals surface area contributed by atoms with E-state index in [-0.39, 0.29) is 11.9 Å². The SMILES string of the molecule is CCc1nc2ccccc2n1CC(=O)N1CCN(C)CC1C. The molecule has 1 saturated heterocycles. The minimum atomic E-state index is 0.193. The molecule has 118 valence electrons. The van der Waals surface area contributed by atoms with Crippen LogP contribution in [0.1, 0.15) is 19.7 Å². The zero-order chi connectivity index (χ0) is 15.7. The smallest absolute Gasteiger partial charge is 0.242 e. The van der Waals surface area contributed by atoms with Crippen molar-refractivity contribution in [2.24, 2.45) is 0 Å². The van der Waals surface area contributed by atoms with Crippen molar-refractivity contribution in [1.29, 1.82) is 0 Å². The maximum atomic E-state index is 12.8. The van der Waals surface area contributed by atoms with Gasteiger partial charge in [-0.15, -0.1) is 0 Å². The fraction of sp³-hybridized carbons (Fsp3) is 0.529. The van der Waals surface area contributed by atoms with Crippen LogP contribution in [-0.2, 0) is 17.8 Å². The van der Waals surface area contributed by atoms with Gasteiger partial charge in [0.2, 0.25) is 5.91 Å². The van der Waals surface area contributed by atoms with Gasteiger partial charge in [0.15, 0.2) is 0 Å². The first kappa shape index (κ1) is 15.0. The van der Waals surface area contributed by atoms with Crippen LogP contribution in [0.3, 0.4) is 0 Å². The van der Waals surface area contributed by atoms with E-state index in [0.29, 0.717) is 6.54 Å². The standard InChI is InChI=1S/C17H24N4O/c1-4-16-18-14-7-5-6-8-15(14)21(16)12-17(22)20-10-9-19(3)11-13(20)2/h5-8,13H,4,9-12H2,1-3H3. The molecule has 0 bridgehead atoms. The molecule has 0 radical (unpaired) electrons. The molecule has 3 rings (SSSR count). The Morgan fingerprint density at radius 2 is 2.09 bits per heavy atom. The molecule has 22 heavy (non-hydrogen) atoms. The van der Waals surface area contributed by atoms with Crippen molar-refractivity contribution in [2.75, 3.05) is 26.7 Å². The number of carbonyl (C=O) groups is 1. The fourth-order valence-corrected chi connectivity index (χ4v) is 3.31. The molecular weight excluding hydrogens is 276 g/mol. The molecule has 1 aromatic carbocycles. The highest BCUT2D eigenvalue weighted by atomic mass is 16.2. The monoisotopic (exact) mass is 300 g/mol. The van der Waals surface area contributed by atoms with Gasteiger partial charge in [-0.25, -0.2) is 4.98 Å². The molecule has 2 heterocycles. The van der Waals surface area contributed by atoms with Gasteiger partial charge in [-0.05, 0) is 26.1 Å². The van der Waals surface area contributed by atoms with E-state index in [1.807, 2.05) is 29.2 Å². The molecular formula is C17H24N4O. The van der Waals surface area contributed by atoms with Gasteiger partial charge in [-0.3, -0.25) is 4.79 Å². The predicted octanol–water partition coefficient (Wildman–Crippen LogP) is 1.76. The van der Waals surface area contributed by atoms with Crippen LogP contribution in [0, 0.1) is 0 Å². The molecule has 2 aromatic rings. The normalized spacial score (nSPS) is 19.8. The third-order valence-corrected chi connectivity index (χ3v) is 4.49. The molecule has 0 saturated carbocycles. The van der Waals surface area contributed by atoms with Crippen molar-refractivity contribution >= 4 is 16.9 Å². The molecule has 1 atom stereocenters. The zero-order valence-corrected chi connectivity index (χ0v) is 13.6. The van der Waals surface area contributed by atoms with E-state index in [1.165, 1.54) is 0 Å². The van der Waals surface area contributed by atoms with E-state index >= 15 is 0 Å². The number of nitrogens with zero attached hydrogens (tertiary/aromatic N) is 4. The number of aromatic nitrogens is 2. The minimum absolute atomic E-state index is 0.193. The van der Waals surface area contributed by atoms with E-state index in [2.05, 4.69) is 35.3 Å². The van der Waals surface area contributed by atoms with Gasteiger partial charge in [-0.2, -0.15) is 0 Å². The molecule has 5 nitrogen and oxygen atoms in total. The Balaban J connectivity index is 1.85. The van der Waals surface area contributed by atoms with Crippen LogP contribution in [0.25, 0.3) is 11.0 Å². The fourth-order valence-electron chi connectivity index (χ4n) is 3.31. The number of hydrogen-bond donors (Lipinski definition) is 0. The van der Waals surface area contributed by atoms with Crippen molar-refractivity contribution in [1.82, 2.24) is 19.4 Å². The van der Waals surface area contributed by atoms with Gasteiger partial charge in [0, 0.05) is 32.1 Å². The number of hydrogen-bond acceptors (Lipinski definition) is 3. The highest BCUT2D eigenvalue weighted by Gasteiger charge is 2.26. The van der Waals surface area contributed by atoms with Gasteiger partial charge in [0.25, 0.3) is 0 Å². The lowest BCUT2D eigenvalue weighted by molar-refractivity contribution is -0.136. The first-order valence-electron chi connectivity index (χ1n) is 8.02.